The van der Waals surface area contributed by atoms with Crippen molar-refractivity contribution in [3.05, 3.63) is 90.1 Å². The molecule has 0 radical (unpaired) electrons. The summed E-state index contributed by atoms with van der Waals surface area (Å²) < 4.78 is 2.11. The number of hydrogen-bond acceptors (Lipinski definition) is 5. The largest absolute Gasteiger partial charge is 0.321 e. The minimum absolute atomic E-state index is 0.256. The molecule has 0 spiro atoms. The standard InChI is InChI=1S/C30H26N6O/c1-18-5-11-24-25(21-8-12-26(31-16-21)19-6-7-19)15-28(34-27(24)13-18)30(37)33-22-4-2-3-20(14-22)29-35-32-17-36(29)23-9-10-23/h2-5,8,11-17,19,23H,6-7,9-10H2,1H3,(H,33,37). The maximum Gasteiger partial charge on any atom is 0.274 e. The molecule has 1 amide bonds. The fraction of sp³-hybridized carbons (Fsp3) is 0.233. The van der Waals surface area contributed by atoms with Gasteiger partial charge >= 0.3 is 0 Å². The number of carbonyl (C=O) groups is 1. The first-order valence-corrected chi connectivity index (χ1v) is 12.8. The number of nitrogens with one attached hydrogen (secondary N) is 1. The third kappa shape index (κ3) is 4.27. The Hall–Kier alpha value is -4.39. The van der Waals surface area contributed by atoms with Crippen LogP contribution in [0.4, 0.5) is 5.69 Å². The van der Waals surface area contributed by atoms with Crippen molar-refractivity contribution in [2.24, 2.45) is 0 Å². The normalized spacial score (nSPS) is 15.2. The number of aromatic nitrogens is 5. The summed E-state index contributed by atoms with van der Waals surface area (Å²) in [6.45, 7) is 2.03. The predicted octanol–water partition coefficient (Wildman–Crippen LogP) is 6.33. The van der Waals surface area contributed by atoms with E-state index in [1.165, 1.54) is 12.8 Å². The number of fused-ring (bicyclic) bond motifs is 1. The van der Waals surface area contributed by atoms with Crippen molar-refractivity contribution in [2.75, 3.05) is 5.32 Å². The molecule has 5 aromatic rings. The van der Waals surface area contributed by atoms with Gasteiger partial charge in [0.25, 0.3) is 5.91 Å². The Morgan fingerprint density at radius 2 is 1.86 bits per heavy atom. The lowest BCUT2D eigenvalue weighted by molar-refractivity contribution is 0.102. The highest BCUT2D eigenvalue weighted by Gasteiger charge is 2.27. The predicted molar refractivity (Wildman–Crippen MR) is 143 cm³/mol. The van der Waals surface area contributed by atoms with Crippen LogP contribution in [0.5, 0.6) is 0 Å². The van der Waals surface area contributed by atoms with Crippen molar-refractivity contribution < 1.29 is 4.79 Å². The highest BCUT2D eigenvalue weighted by Crippen LogP contribution is 2.40. The van der Waals surface area contributed by atoms with Gasteiger partial charge < -0.3 is 9.88 Å². The van der Waals surface area contributed by atoms with E-state index >= 15 is 0 Å². The fourth-order valence-corrected chi connectivity index (χ4v) is 4.88. The van der Waals surface area contributed by atoms with E-state index in [2.05, 4.69) is 44.3 Å². The van der Waals surface area contributed by atoms with Crippen LogP contribution in [-0.2, 0) is 0 Å². The molecule has 2 saturated carbocycles. The lowest BCUT2D eigenvalue weighted by Gasteiger charge is -2.12. The second kappa shape index (κ2) is 8.62. The first-order valence-electron chi connectivity index (χ1n) is 12.8. The van der Waals surface area contributed by atoms with Crippen LogP contribution in [-0.4, -0.2) is 30.6 Å². The van der Waals surface area contributed by atoms with Gasteiger partial charge in [0.2, 0.25) is 0 Å². The molecule has 0 bridgehead atoms. The Balaban J connectivity index is 1.23. The van der Waals surface area contributed by atoms with E-state index in [1.54, 1.807) is 6.33 Å². The molecule has 7 nitrogen and oxygen atoms in total. The summed E-state index contributed by atoms with van der Waals surface area (Å²) in [5.74, 6) is 1.16. The molecule has 0 saturated heterocycles. The highest BCUT2D eigenvalue weighted by molar-refractivity contribution is 6.07. The molecular weight excluding hydrogens is 460 g/mol. The lowest BCUT2D eigenvalue weighted by atomic mass is 9.99. The first-order chi connectivity index (χ1) is 18.1. The quantitative estimate of drug-likeness (QED) is 0.303. The highest BCUT2D eigenvalue weighted by atomic mass is 16.1. The lowest BCUT2D eigenvalue weighted by Crippen LogP contribution is -2.14. The van der Waals surface area contributed by atoms with Crippen LogP contribution in [0.2, 0.25) is 0 Å². The Bertz CT molecular complexity index is 1650. The molecule has 0 unspecified atom stereocenters. The summed E-state index contributed by atoms with van der Waals surface area (Å²) in [6, 6.07) is 20.5. The van der Waals surface area contributed by atoms with Crippen LogP contribution in [0.25, 0.3) is 33.4 Å². The van der Waals surface area contributed by atoms with Crippen molar-refractivity contribution in [3.8, 4) is 22.5 Å². The topological polar surface area (TPSA) is 85.6 Å². The number of pyridine rings is 2. The zero-order valence-electron chi connectivity index (χ0n) is 20.6. The Labute approximate surface area is 214 Å². The molecule has 2 fully saturated rings. The van der Waals surface area contributed by atoms with Crippen molar-refractivity contribution in [1.29, 1.82) is 0 Å². The van der Waals surface area contributed by atoms with Gasteiger partial charge in [0.1, 0.15) is 12.0 Å². The van der Waals surface area contributed by atoms with Crippen molar-refractivity contribution in [3.63, 3.8) is 0 Å². The summed E-state index contributed by atoms with van der Waals surface area (Å²) in [5.41, 5.74) is 6.95. The molecule has 7 rings (SSSR count). The molecule has 2 aromatic carbocycles. The molecule has 2 aliphatic rings. The van der Waals surface area contributed by atoms with Gasteiger partial charge in [0.15, 0.2) is 5.82 Å². The third-order valence-electron chi connectivity index (χ3n) is 7.18. The van der Waals surface area contributed by atoms with Gasteiger partial charge in [-0.1, -0.05) is 30.3 Å². The van der Waals surface area contributed by atoms with E-state index in [9.17, 15) is 4.79 Å². The van der Waals surface area contributed by atoms with Crippen molar-refractivity contribution in [1.82, 2.24) is 24.7 Å². The zero-order chi connectivity index (χ0) is 24.9. The molecule has 2 aliphatic carbocycles. The maximum absolute atomic E-state index is 13.4. The summed E-state index contributed by atoms with van der Waals surface area (Å²) in [4.78, 5) is 22.9. The van der Waals surface area contributed by atoms with Gasteiger partial charge in [-0.15, -0.1) is 10.2 Å². The number of nitrogens with zero attached hydrogens (tertiary/aromatic N) is 5. The average Bonchev–Trinajstić information content (AvgIpc) is 3.86. The van der Waals surface area contributed by atoms with Crippen molar-refractivity contribution >= 4 is 22.5 Å². The zero-order valence-corrected chi connectivity index (χ0v) is 20.6. The number of carbonyl (C=O) groups excluding carboxylic acids is 1. The molecule has 7 heteroatoms. The minimum atomic E-state index is -0.256. The van der Waals surface area contributed by atoms with E-state index in [4.69, 9.17) is 9.97 Å². The molecule has 1 N–H and O–H groups in total. The monoisotopic (exact) mass is 486 g/mol. The summed E-state index contributed by atoms with van der Waals surface area (Å²) in [6.07, 6.45) is 8.43. The Kier molecular flexibility index (Phi) is 5.09. The maximum atomic E-state index is 13.4. The minimum Gasteiger partial charge on any atom is -0.321 e. The summed E-state index contributed by atoms with van der Waals surface area (Å²) in [5, 5.41) is 12.5. The Morgan fingerprint density at radius 1 is 0.973 bits per heavy atom. The van der Waals surface area contributed by atoms with Gasteiger partial charge in [-0.2, -0.15) is 0 Å². The number of aryl methyl sites for hydroxylation is 1. The molecule has 0 atom stereocenters. The van der Waals surface area contributed by atoms with E-state index < -0.39 is 0 Å². The number of amides is 1. The molecule has 182 valence electrons. The van der Waals surface area contributed by atoms with Gasteiger partial charge in [-0.25, -0.2) is 4.98 Å². The molecule has 3 heterocycles. The number of benzene rings is 2. The first kappa shape index (κ1) is 21.9. The van der Waals surface area contributed by atoms with Gasteiger partial charge in [-0.3, -0.25) is 9.78 Å². The molecule has 3 aromatic heterocycles. The van der Waals surface area contributed by atoms with Crippen LogP contribution in [0.3, 0.4) is 0 Å². The van der Waals surface area contributed by atoms with Gasteiger partial charge in [-0.05, 0) is 74.1 Å². The van der Waals surface area contributed by atoms with Crippen LogP contribution in [0, 0.1) is 6.92 Å². The second-order valence-corrected chi connectivity index (χ2v) is 10.1. The van der Waals surface area contributed by atoms with Crippen LogP contribution in [0.1, 0.15) is 59.4 Å². The SMILES string of the molecule is Cc1ccc2c(-c3ccc(C4CC4)nc3)cc(C(=O)Nc3cccc(-c4nncn4C4CC4)c3)nc2c1. The van der Waals surface area contributed by atoms with Crippen molar-refractivity contribution in [2.45, 2.75) is 44.6 Å². The summed E-state index contributed by atoms with van der Waals surface area (Å²) >= 11 is 0. The van der Waals surface area contributed by atoms with Gasteiger partial charge in [0.05, 0.1) is 5.52 Å². The average molecular weight is 487 g/mol. The van der Waals surface area contributed by atoms with Crippen LogP contribution >= 0.6 is 0 Å². The number of anilines is 1. The van der Waals surface area contributed by atoms with E-state index in [1.807, 2.05) is 49.5 Å². The Morgan fingerprint density at radius 3 is 2.65 bits per heavy atom. The van der Waals surface area contributed by atoms with E-state index in [-0.39, 0.29) is 5.91 Å². The molecule has 0 aliphatic heterocycles. The summed E-state index contributed by atoms with van der Waals surface area (Å²) in [7, 11) is 0. The van der Waals surface area contributed by atoms with Gasteiger partial charge in [0, 0.05) is 46.1 Å². The molecular formula is C30H26N6O. The second-order valence-electron chi connectivity index (χ2n) is 10.1. The van der Waals surface area contributed by atoms with Crippen LogP contribution in [0.15, 0.2) is 73.2 Å². The fourth-order valence-electron chi connectivity index (χ4n) is 4.88. The number of rotatable bonds is 6. The third-order valence-corrected chi connectivity index (χ3v) is 7.18. The van der Waals surface area contributed by atoms with E-state index in [0.717, 1.165) is 57.5 Å². The molecule has 37 heavy (non-hydrogen) atoms. The smallest absolute Gasteiger partial charge is 0.274 e. The van der Waals surface area contributed by atoms with Crippen LogP contribution < -0.4 is 5.32 Å². The van der Waals surface area contributed by atoms with E-state index in [0.29, 0.717) is 23.3 Å². The number of hydrogen-bond donors (Lipinski definition) is 1.